The minimum Gasteiger partial charge on any atom is -0.311 e. The van der Waals surface area contributed by atoms with Gasteiger partial charge in [-0.1, -0.05) is 30.3 Å². The van der Waals surface area contributed by atoms with Crippen LogP contribution < -0.4 is 5.32 Å². The predicted octanol–water partition coefficient (Wildman–Crippen LogP) is 3.20. The molecule has 1 aromatic heterocycles. The Morgan fingerprint density at radius 1 is 1.19 bits per heavy atom. The lowest BCUT2D eigenvalue weighted by Gasteiger charge is -2.39. The van der Waals surface area contributed by atoms with Crippen molar-refractivity contribution < 1.29 is 0 Å². The standard InChI is InChI=1S/C18H24N2S/c1-15-13-20(9-7-17-8-10-21-14-17)18(12-19-15)11-16-5-3-2-4-6-16/h2-6,8,10,14-15,18-19H,7,9,11-13H2,1H3. The Balaban J connectivity index is 1.62. The minimum absolute atomic E-state index is 0.597. The Morgan fingerprint density at radius 3 is 2.81 bits per heavy atom. The molecular formula is C18H24N2S. The van der Waals surface area contributed by atoms with Gasteiger partial charge < -0.3 is 5.32 Å². The molecular weight excluding hydrogens is 276 g/mol. The third kappa shape index (κ3) is 4.16. The van der Waals surface area contributed by atoms with Crippen LogP contribution in [0.1, 0.15) is 18.1 Å². The number of thiophene rings is 1. The number of hydrogen-bond acceptors (Lipinski definition) is 3. The van der Waals surface area contributed by atoms with E-state index in [1.54, 1.807) is 11.3 Å². The van der Waals surface area contributed by atoms with E-state index in [0.29, 0.717) is 12.1 Å². The molecule has 1 aliphatic rings. The first-order chi connectivity index (χ1) is 10.3. The zero-order valence-corrected chi connectivity index (χ0v) is 13.5. The molecule has 2 nitrogen and oxygen atoms in total. The quantitative estimate of drug-likeness (QED) is 0.912. The van der Waals surface area contributed by atoms with E-state index in [1.807, 2.05) is 0 Å². The molecule has 112 valence electrons. The van der Waals surface area contributed by atoms with E-state index in [9.17, 15) is 0 Å². The van der Waals surface area contributed by atoms with Gasteiger partial charge in [0.25, 0.3) is 0 Å². The smallest absolute Gasteiger partial charge is 0.0261 e. The average Bonchev–Trinajstić information content (AvgIpc) is 3.02. The molecule has 3 rings (SSSR count). The Hall–Kier alpha value is -1.16. The molecule has 0 radical (unpaired) electrons. The molecule has 2 atom stereocenters. The van der Waals surface area contributed by atoms with Gasteiger partial charge >= 0.3 is 0 Å². The Morgan fingerprint density at radius 2 is 2.05 bits per heavy atom. The van der Waals surface area contributed by atoms with E-state index >= 15 is 0 Å². The fourth-order valence-corrected chi connectivity index (χ4v) is 3.80. The molecule has 1 N–H and O–H groups in total. The summed E-state index contributed by atoms with van der Waals surface area (Å²) in [6, 6.07) is 14.3. The van der Waals surface area contributed by atoms with Crippen molar-refractivity contribution in [1.29, 1.82) is 0 Å². The Bertz CT molecular complexity index is 523. The number of rotatable bonds is 5. The van der Waals surface area contributed by atoms with Gasteiger partial charge in [0.05, 0.1) is 0 Å². The zero-order valence-electron chi connectivity index (χ0n) is 12.7. The second kappa shape index (κ2) is 7.21. The topological polar surface area (TPSA) is 15.3 Å². The lowest BCUT2D eigenvalue weighted by molar-refractivity contribution is 0.136. The van der Waals surface area contributed by atoms with Gasteiger partial charge in [-0.05, 0) is 47.7 Å². The molecule has 2 aromatic rings. The minimum atomic E-state index is 0.597. The van der Waals surface area contributed by atoms with Gasteiger partial charge in [-0.15, -0.1) is 0 Å². The third-order valence-corrected chi connectivity index (χ3v) is 5.04. The maximum atomic E-state index is 3.64. The second-order valence-corrected chi connectivity index (χ2v) is 6.81. The summed E-state index contributed by atoms with van der Waals surface area (Å²) in [5, 5.41) is 8.09. The highest BCUT2D eigenvalue weighted by molar-refractivity contribution is 7.07. The molecule has 0 spiro atoms. The molecule has 0 bridgehead atoms. The molecule has 0 aliphatic carbocycles. The Kier molecular flexibility index (Phi) is 5.07. The normalized spacial score (nSPS) is 23.3. The SMILES string of the molecule is CC1CN(CCc2ccsc2)C(Cc2ccccc2)CN1. The number of piperazine rings is 1. The van der Waals surface area contributed by atoms with Gasteiger partial charge in [-0.3, -0.25) is 4.90 Å². The van der Waals surface area contributed by atoms with Crippen molar-refractivity contribution in [3.8, 4) is 0 Å². The second-order valence-electron chi connectivity index (χ2n) is 6.03. The van der Waals surface area contributed by atoms with Crippen molar-refractivity contribution in [3.63, 3.8) is 0 Å². The van der Waals surface area contributed by atoms with Crippen LogP contribution in [-0.4, -0.2) is 36.6 Å². The lowest BCUT2D eigenvalue weighted by Crippen LogP contribution is -2.56. The molecule has 1 saturated heterocycles. The van der Waals surface area contributed by atoms with Crippen molar-refractivity contribution in [2.24, 2.45) is 0 Å². The van der Waals surface area contributed by atoms with E-state index in [4.69, 9.17) is 0 Å². The largest absolute Gasteiger partial charge is 0.311 e. The summed E-state index contributed by atoms with van der Waals surface area (Å²) in [6.45, 7) is 5.71. The van der Waals surface area contributed by atoms with Crippen LogP contribution in [0.15, 0.2) is 47.2 Å². The van der Waals surface area contributed by atoms with Gasteiger partial charge in [0.2, 0.25) is 0 Å². The number of nitrogens with one attached hydrogen (secondary N) is 1. The van der Waals surface area contributed by atoms with Crippen LogP contribution in [0.2, 0.25) is 0 Å². The first-order valence-corrected chi connectivity index (χ1v) is 8.78. The lowest BCUT2D eigenvalue weighted by atomic mass is 10.0. The molecule has 3 heteroatoms. The van der Waals surface area contributed by atoms with E-state index in [-0.39, 0.29) is 0 Å². The van der Waals surface area contributed by atoms with E-state index in [1.165, 1.54) is 24.1 Å². The maximum absolute atomic E-state index is 3.64. The fourth-order valence-electron chi connectivity index (χ4n) is 3.10. The van der Waals surface area contributed by atoms with E-state index < -0.39 is 0 Å². The van der Waals surface area contributed by atoms with Crippen LogP contribution in [0.25, 0.3) is 0 Å². The molecule has 2 heterocycles. The molecule has 21 heavy (non-hydrogen) atoms. The summed E-state index contributed by atoms with van der Waals surface area (Å²) in [5.74, 6) is 0. The number of benzene rings is 1. The van der Waals surface area contributed by atoms with Crippen molar-refractivity contribution in [1.82, 2.24) is 10.2 Å². The van der Waals surface area contributed by atoms with Crippen molar-refractivity contribution >= 4 is 11.3 Å². The monoisotopic (exact) mass is 300 g/mol. The highest BCUT2D eigenvalue weighted by atomic mass is 32.1. The number of hydrogen-bond donors (Lipinski definition) is 1. The third-order valence-electron chi connectivity index (χ3n) is 4.31. The summed E-state index contributed by atoms with van der Waals surface area (Å²) in [5.41, 5.74) is 2.92. The highest BCUT2D eigenvalue weighted by Crippen LogP contribution is 2.15. The van der Waals surface area contributed by atoms with Gasteiger partial charge in [0.1, 0.15) is 0 Å². The van der Waals surface area contributed by atoms with Crippen LogP contribution in [0.5, 0.6) is 0 Å². The Labute approximate surface area is 131 Å². The summed E-state index contributed by atoms with van der Waals surface area (Å²) < 4.78 is 0. The summed E-state index contributed by atoms with van der Waals surface area (Å²) in [4.78, 5) is 2.67. The fraction of sp³-hybridized carbons (Fsp3) is 0.444. The molecule has 1 fully saturated rings. The van der Waals surface area contributed by atoms with Crippen LogP contribution in [0, 0.1) is 0 Å². The van der Waals surface area contributed by atoms with Crippen LogP contribution >= 0.6 is 11.3 Å². The van der Waals surface area contributed by atoms with Crippen LogP contribution in [0.3, 0.4) is 0 Å². The molecule has 1 aromatic carbocycles. The maximum Gasteiger partial charge on any atom is 0.0261 e. The van der Waals surface area contributed by atoms with Crippen LogP contribution in [0.4, 0.5) is 0 Å². The number of nitrogens with zero attached hydrogens (tertiary/aromatic N) is 1. The predicted molar refractivity (Wildman–Crippen MR) is 91.0 cm³/mol. The van der Waals surface area contributed by atoms with Gasteiger partial charge in [0, 0.05) is 31.7 Å². The molecule has 0 saturated carbocycles. The van der Waals surface area contributed by atoms with Gasteiger partial charge in [0.15, 0.2) is 0 Å². The molecule has 0 amide bonds. The van der Waals surface area contributed by atoms with Crippen molar-refractivity contribution in [2.75, 3.05) is 19.6 Å². The van der Waals surface area contributed by atoms with Crippen molar-refractivity contribution in [2.45, 2.75) is 31.8 Å². The van der Waals surface area contributed by atoms with Gasteiger partial charge in [-0.2, -0.15) is 11.3 Å². The van der Waals surface area contributed by atoms with Gasteiger partial charge in [-0.25, -0.2) is 0 Å². The van der Waals surface area contributed by atoms with E-state index in [2.05, 4.69) is 64.3 Å². The van der Waals surface area contributed by atoms with Crippen molar-refractivity contribution in [3.05, 3.63) is 58.3 Å². The first kappa shape index (κ1) is 14.8. The zero-order chi connectivity index (χ0) is 14.5. The summed E-state index contributed by atoms with van der Waals surface area (Å²) >= 11 is 1.80. The highest BCUT2D eigenvalue weighted by Gasteiger charge is 2.25. The first-order valence-electron chi connectivity index (χ1n) is 7.83. The van der Waals surface area contributed by atoms with Crippen LogP contribution in [-0.2, 0) is 12.8 Å². The summed E-state index contributed by atoms with van der Waals surface area (Å²) in [7, 11) is 0. The average molecular weight is 300 g/mol. The van der Waals surface area contributed by atoms with E-state index in [0.717, 1.165) is 19.5 Å². The summed E-state index contributed by atoms with van der Waals surface area (Å²) in [6.07, 6.45) is 2.31. The molecule has 2 unspecified atom stereocenters. The molecule has 1 aliphatic heterocycles.